The number of carbonyl (C=O) groups is 3. The summed E-state index contributed by atoms with van der Waals surface area (Å²) < 4.78 is 0. The van der Waals surface area contributed by atoms with Crippen LogP contribution >= 0.6 is 0 Å². The van der Waals surface area contributed by atoms with Gasteiger partial charge in [0.1, 0.15) is 0 Å². The minimum atomic E-state index is -0.416. The van der Waals surface area contributed by atoms with Crippen molar-refractivity contribution in [1.82, 2.24) is 9.88 Å². The van der Waals surface area contributed by atoms with Crippen LogP contribution in [-0.2, 0) is 0 Å². The molecule has 0 atom stereocenters. The second-order valence-electron chi connectivity index (χ2n) is 4.59. The van der Waals surface area contributed by atoms with Crippen molar-refractivity contribution in [2.75, 3.05) is 12.4 Å². The predicted molar refractivity (Wildman–Crippen MR) is 75.1 cm³/mol. The Labute approximate surface area is 120 Å². The number of fused-ring (bicyclic) bond motifs is 1. The van der Waals surface area contributed by atoms with Crippen molar-refractivity contribution in [1.29, 1.82) is 0 Å². The second kappa shape index (κ2) is 4.82. The van der Waals surface area contributed by atoms with Gasteiger partial charge >= 0.3 is 0 Å². The molecule has 2 aromatic rings. The third-order valence-electron chi connectivity index (χ3n) is 3.31. The summed E-state index contributed by atoms with van der Waals surface area (Å²) in [5.74, 6) is -1.14. The van der Waals surface area contributed by atoms with Crippen LogP contribution in [0.2, 0.25) is 0 Å². The van der Waals surface area contributed by atoms with Crippen LogP contribution in [0.25, 0.3) is 0 Å². The fraction of sp³-hybridized carbons (Fsp3) is 0.0667. The number of benzene rings is 1. The first kappa shape index (κ1) is 13.0. The van der Waals surface area contributed by atoms with Gasteiger partial charge in [-0.15, -0.1) is 0 Å². The molecule has 0 spiro atoms. The Balaban J connectivity index is 1.97. The molecule has 1 aliphatic heterocycles. The fourth-order valence-electron chi connectivity index (χ4n) is 2.20. The molecule has 0 fully saturated rings. The normalized spacial score (nSPS) is 13.3. The first-order valence-electron chi connectivity index (χ1n) is 6.26. The molecular formula is C15H11N3O3. The largest absolute Gasteiger partial charge is 0.321 e. The summed E-state index contributed by atoms with van der Waals surface area (Å²) in [6, 6.07) is 7.93. The van der Waals surface area contributed by atoms with Gasteiger partial charge < -0.3 is 5.32 Å². The highest BCUT2D eigenvalue weighted by Crippen LogP contribution is 2.28. The summed E-state index contributed by atoms with van der Waals surface area (Å²) in [6.45, 7) is 0. The number of imide groups is 1. The molecule has 0 unspecified atom stereocenters. The van der Waals surface area contributed by atoms with Crippen LogP contribution in [0, 0.1) is 0 Å². The molecule has 0 saturated carbocycles. The fourth-order valence-corrected chi connectivity index (χ4v) is 2.20. The highest BCUT2D eigenvalue weighted by Gasteiger charge is 2.35. The first-order chi connectivity index (χ1) is 10.1. The maximum Gasteiger partial charge on any atom is 0.263 e. The van der Waals surface area contributed by atoms with Crippen molar-refractivity contribution in [2.45, 2.75) is 0 Å². The van der Waals surface area contributed by atoms with Gasteiger partial charge in [-0.25, -0.2) is 0 Å². The Bertz CT molecular complexity index is 756. The van der Waals surface area contributed by atoms with E-state index in [4.69, 9.17) is 0 Å². The molecule has 1 aromatic carbocycles. The van der Waals surface area contributed by atoms with Crippen LogP contribution in [0.5, 0.6) is 0 Å². The number of nitrogens with zero attached hydrogens (tertiary/aromatic N) is 2. The van der Waals surface area contributed by atoms with Gasteiger partial charge in [0.2, 0.25) is 0 Å². The Morgan fingerprint density at radius 2 is 1.81 bits per heavy atom. The minimum absolute atomic E-state index is 0.229. The van der Waals surface area contributed by atoms with E-state index in [9.17, 15) is 14.4 Å². The average Bonchev–Trinajstić information content (AvgIpc) is 2.74. The average molecular weight is 281 g/mol. The predicted octanol–water partition coefficient (Wildman–Crippen LogP) is 1.56. The lowest BCUT2D eigenvalue weighted by Gasteiger charge is -2.08. The van der Waals surface area contributed by atoms with Crippen LogP contribution < -0.4 is 5.32 Å². The van der Waals surface area contributed by atoms with Gasteiger partial charge in [0, 0.05) is 25.0 Å². The standard InChI is InChI=1S/C15H11N3O3/c1-18-14(20)10-3-2-4-11(12(10)15(18)21)17-13(19)9-5-7-16-8-6-9/h2-8H,1H3,(H,17,19). The zero-order valence-electron chi connectivity index (χ0n) is 11.2. The molecule has 3 amide bonds. The zero-order valence-corrected chi connectivity index (χ0v) is 11.2. The lowest BCUT2D eigenvalue weighted by molar-refractivity contribution is 0.0693. The van der Waals surface area contributed by atoms with Crippen molar-refractivity contribution >= 4 is 23.4 Å². The van der Waals surface area contributed by atoms with E-state index in [1.54, 1.807) is 30.3 Å². The summed E-state index contributed by atoms with van der Waals surface area (Å²) in [4.78, 5) is 41.0. The van der Waals surface area contributed by atoms with Crippen LogP contribution in [-0.4, -0.2) is 34.7 Å². The smallest absolute Gasteiger partial charge is 0.263 e. The molecule has 1 N–H and O–H groups in total. The van der Waals surface area contributed by atoms with Gasteiger partial charge in [-0.05, 0) is 24.3 Å². The van der Waals surface area contributed by atoms with E-state index in [1.165, 1.54) is 19.4 Å². The number of anilines is 1. The molecule has 6 nitrogen and oxygen atoms in total. The molecule has 3 rings (SSSR count). The summed E-state index contributed by atoms with van der Waals surface area (Å²) in [5, 5.41) is 2.66. The Morgan fingerprint density at radius 3 is 2.52 bits per heavy atom. The summed E-state index contributed by atoms with van der Waals surface area (Å²) in [5.41, 5.74) is 1.28. The monoisotopic (exact) mass is 281 g/mol. The van der Waals surface area contributed by atoms with Crippen molar-refractivity contribution in [2.24, 2.45) is 0 Å². The molecule has 2 heterocycles. The number of aromatic nitrogens is 1. The minimum Gasteiger partial charge on any atom is -0.321 e. The van der Waals surface area contributed by atoms with E-state index in [1.807, 2.05) is 0 Å². The van der Waals surface area contributed by atoms with Crippen molar-refractivity contribution in [3.63, 3.8) is 0 Å². The quantitative estimate of drug-likeness (QED) is 0.847. The molecule has 0 bridgehead atoms. The van der Waals surface area contributed by atoms with Gasteiger partial charge in [0.05, 0.1) is 16.8 Å². The number of hydrogen-bond acceptors (Lipinski definition) is 4. The van der Waals surface area contributed by atoms with E-state index in [0.717, 1.165) is 4.90 Å². The lowest BCUT2D eigenvalue weighted by Crippen LogP contribution is -2.24. The van der Waals surface area contributed by atoms with Crippen LogP contribution in [0.3, 0.4) is 0 Å². The Hall–Kier alpha value is -3.02. The Morgan fingerprint density at radius 1 is 1.10 bits per heavy atom. The molecule has 6 heteroatoms. The van der Waals surface area contributed by atoms with E-state index in [-0.39, 0.29) is 17.4 Å². The van der Waals surface area contributed by atoms with Gasteiger partial charge in [-0.2, -0.15) is 0 Å². The van der Waals surface area contributed by atoms with Crippen LogP contribution in [0.4, 0.5) is 5.69 Å². The zero-order chi connectivity index (χ0) is 15.0. The van der Waals surface area contributed by atoms with Gasteiger partial charge in [-0.3, -0.25) is 24.3 Å². The van der Waals surface area contributed by atoms with E-state index in [0.29, 0.717) is 16.8 Å². The third-order valence-corrected chi connectivity index (χ3v) is 3.31. The van der Waals surface area contributed by atoms with Crippen molar-refractivity contribution < 1.29 is 14.4 Å². The van der Waals surface area contributed by atoms with E-state index in [2.05, 4.69) is 10.3 Å². The molecule has 1 aliphatic rings. The molecule has 1 aromatic heterocycles. The van der Waals surface area contributed by atoms with E-state index >= 15 is 0 Å². The van der Waals surface area contributed by atoms with E-state index < -0.39 is 5.91 Å². The van der Waals surface area contributed by atoms with Crippen molar-refractivity contribution in [3.8, 4) is 0 Å². The third kappa shape index (κ3) is 2.06. The van der Waals surface area contributed by atoms with Crippen LogP contribution in [0.15, 0.2) is 42.7 Å². The highest BCUT2D eigenvalue weighted by atomic mass is 16.2. The molecule has 0 aliphatic carbocycles. The maximum absolute atomic E-state index is 12.1. The van der Waals surface area contributed by atoms with Gasteiger partial charge in [0.15, 0.2) is 0 Å². The van der Waals surface area contributed by atoms with Gasteiger partial charge in [-0.1, -0.05) is 6.07 Å². The number of carbonyl (C=O) groups excluding carboxylic acids is 3. The molecular weight excluding hydrogens is 270 g/mol. The molecule has 104 valence electrons. The number of pyridine rings is 1. The Kier molecular flexibility index (Phi) is 2.98. The molecule has 0 radical (unpaired) electrons. The molecule has 21 heavy (non-hydrogen) atoms. The first-order valence-corrected chi connectivity index (χ1v) is 6.26. The molecule has 0 saturated heterocycles. The number of amides is 3. The lowest BCUT2D eigenvalue weighted by atomic mass is 10.1. The summed E-state index contributed by atoms with van der Waals surface area (Å²) in [6.07, 6.45) is 3.01. The topological polar surface area (TPSA) is 79.4 Å². The highest BCUT2D eigenvalue weighted by molar-refractivity contribution is 6.24. The number of hydrogen-bond donors (Lipinski definition) is 1. The second-order valence-corrected chi connectivity index (χ2v) is 4.59. The summed E-state index contributed by atoms with van der Waals surface area (Å²) in [7, 11) is 1.42. The SMILES string of the molecule is CN1C(=O)c2cccc(NC(=O)c3ccncc3)c2C1=O. The summed E-state index contributed by atoms with van der Waals surface area (Å²) >= 11 is 0. The van der Waals surface area contributed by atoms with Crippen molar-refractivity contribution in [3.05, 3.63) is 59.4 Å². The van der Waals surface area contributed by atoms with Crippen LogP contribution in [0.1, 0.15) is 31.1 Å². The van der Waals surface area contributed by atoms with Gasteiger partial charge in [0.25, 0.3) is 17.7 Å². The number of rotatable bonds is 2. The maximum atomic E-state index is 12.1. The number of nitrogens with one attached hydrogen (secondary N) is 1.